The van der Waals surface area contributed by atoms with Crippen LogP contribution < -0.4 is 0 Å². The fraction of sp³-hybridized carbons (Fsp3) is 0.250. The molecule has 0 unspecified atom stereocenters. The van der Waals surface area contributed by atoms with E-state index in [0.717, 1.165) is 6.54 Å². The van der Waals surface area contributed by atoms with Crippen molar-refractivity contribution in [2.45, 2.75) is 13.5 Å². The molecule has 0 spiro atoms. The largest absolute Gasteiger partial charge is 0.305 e. The van der Waals surface area contributed by atoms with Gasteiger partial charge >= 0.3 is 0 Å². The molecule has 0 radical (unpaired) electrons. The molecule has 2 aromatic rings. The number of hydrogen-bond acceptors (Lipinski definition) is 1. The lowest BCUT2D eigenvalue weighted by Gasteiger charge is -2.16. The third-order valence-electron chi connectivity index (χ3n) is 3.11. The molecule has 0 saturated carbocycles. The molecule has 0 aliphatic carbocycles. The molecule has 1 nitrogen and oxygen atoms in total. The maximum absolute atomic E-state index is 3.90. The first-order valence-corrected chi connectivity index (χ1v) is 5.92. The van der Waals surface area contributed by atoms with Gasteiger partial charge in [-0.15, -0.1) is 0 Å². The highest BCUT2D eigenvalue weighted by atomic mass is 15.0. The fourth-order valence-corrected chi connectivity index (χ4v) is 2.30. The van der Waals surface area contributed by atoms with Crippen LogP contribution in [0, 0.1) is 6.92 Å². The van der Waals surface area contributed by atoms with Gasteiger partial charge in [-0.2, -0.15) is 0 Å². The Labute approximate surface area is 103 Å². The summed E-state index contributed by atoms with van der Waals surface area (Å²) >= 11 is 0. The number of aryl methyl sites for hydroxylation is 1. The van der Waals surface area contributed by atoms with Crippen LogP contribution >= 0.6 is 0 Å². The molecule has 0 N–H and O–H groups in total. The molecule has 0 aliphatic heterocycles. The van der Waals surface area contributed by atoms with Gasteiger partial charge in [0.25, 0.3) is 0 Å². The Balaban J connectivity index is 2.75. The van der Waals surface area contributed by atoms with Crippen molar-refractivity contribution in [3.63, 3.8) is 0 Å². The van der Waals surface area contributed by atoms with Gasteiger partial charge in [0.2, 0.25) is 0 Å². The van der Waals surface area contributed by atoms with Crippen LogP contribution in [-0.4, -0.2) is 19.0 Å². The molecule has 0 atom stereocenters. The van der Waals surface area contributed by atoms with Gasteiger partial charge in [-0.3, -0.25) is 0 Å². The lowest BCUT2D eigenvalue weighted by molar-refractivity contribution is 0.403. The molecule has 0 amide bonds. The average Bonchev–Trinajstić information content (AvgIpc) is 2.32. The predicted molar refractivity (Wildman–Crippen MR) is 76.2 cm³/mol. The summed E-state index contributed by atoms with van der Waals surface area (Å²) in [5.41, 5.74) is 3.98. The van der Waals surface area contributed by atoms with Gasteiger partial charge in [-0.1, -0.05) is 43.0 Å². The molecule has 1 heteroatoms. The number of benzene rings is 2. The molecule has 17 heavy (non-hydrogen) atoms. The molecule has 0 fully saturated rings. The molecule has 0 bridgehead atoms. The number of rotatable bonds is 3. The normalized spacial score (nSPS) is 11.1. The topological polar surface area (TPSA) is 3.24 Å². The fourth-order valence-electron chi connectivity index (χ4n) is 2.30. The Morgan fingerprint density at radius 3 is 2.41 bits per heavy atom. The van der Waals surface area contributed by atoms with Crippen LogP contribution in [0.4, 0.5) is 0 Å². The molecule has 0 aliphatic rings. The molecular formula is C16H19N. The maximum atomic E-state index is 3.90. The van der Waals surface area contributed by atoms with Crippen LogP contribution in [-0.2, 0) is 6.54 Å². The Morgan fingerprint density at radius 2 is 1.82 bits per heavy atom. The Morgan fingerprint density at radius 1 is 1.18 bits per heavy atom. The molecule has 0 aromatic heterocycles. The third kappa shape index (κ3) is 2.25. The first-order chi connectivity index (χ1) is 8.13. The zero-order valence-corrected chi connectivity index (χ0v) is 10.8. The molecule has 2 aromatic carbocycles. The van der Waals surface area contributed by atoms with E-state index in [1.165, 1.54) is 27.5 Å². The summed E-state index contributed by atoms with van der Waals surface area (Å²) in [7, 11) is 4.21. The minimum atomic E-state index is 0.976. The van der Waals surface area contributed by atoms with Crippen molar-refractivity contribution in [1.82, 2.24) is 4.90 Å². The van der Waals surface area contributed by atoms with Gasteiger partial charge in [-0.05, 0) is 48.5 Å². The lowest BCUT2D eigenvalue weighted by Crippen LogP contribution is -2.12. The molecular weight excluding hydrogens is 206 g/mol. The van der Waals surface area contributed by atoms with Crippen LogP contribution in [0.1, 0.15) is 16.7 Å². The molecule has 88 valence electrons. The second-order valence-corrected chi connectivity index (χ2v) is 4.75. The van der Waals surface area contributed by atoms with Crippen molar-refractivity contribution in [1.29, 1.82) is 0 Å². The van der Waals surface area contributed by atoms with Crippen LogP contribution in [0.3, 0.4) is 0 Å². The molecule has 2 rings (SSSR count). The van der Waals surface area contributed by atoms with E-state index < -0.39 is 0 Å². The summed E-state index contributed by atoms with van der Waals surface area (Å²) in [4.78, 5) is 2.21. The summed E-state index contributed by atoms with van der Waals surface area (Å²) in [6.45, 7) is 7.06. The van der Waals surface area contributed by atoms with Gasteiger partial charge in [0.05, 0.1) is 0 Å². The quantitative estimate of drug-likeness (QED) is 0.767. The smallest absolute Gasteiger partial charge is 0.0236 e. The van der Waals surface area contributed by atoms with E-state index in [1.807, 2.05) is 6.08 Å². The Kier molecular flexibility index (Phi) is 3.30. The number of nitrogens with zero attached hydrogens (tertiary/aromatic N) is 1. The van der Waals surface area contributed by atoms with Gasteiger partial charge in [0.1, 0.15) is 0 Å². The summed E-state index contributed by atoms with van der Waals surface area (Å²) in [5, 5.41) is 2.64. The van der Waals surface area contributed by atoms with Crippen molar-refractivity contribution in [3.05, 3.63) is 53.6 Å². The highest BCUT2D eigenvalue weighted by Gasteiger charge is 2.08. The second kappa shape index (κ2) is 4.72. The van der Waals surface area contributed by atoms with Crippen molar-refractivity contribution < 1.29 is 0 Å². The first kappa shape index (κ1) is 11.9. The van der Waals surface area contributed by atoms with Crippen molar-refractivity contribution >= 4 is 16.8 Å². The standard InChI is InChI=1S/C16H19N/c1-5-13-10-12(2)16(11-17(3)4)15-9-7-6-8-14(13)15/h5-10H,1,11H2,2-4H3. The Bertz CT molecular complexity index is 553. The predicted octanol–water partition coefficient (Wildman–Crippen LogP) is 3.85. The second-order valence-electron chi connectivity index (χ2n) is 4.75. The van der Waals surface area contributed by atoms with Crippen molar-refractivity contribution in [2.75, 3.05) is 14.1 Å². The van der Waals surface area contributed by atoms with Gasteiger partial charge in [0, 0.05) is 6.54 Å². The number of hydrogen-bond donors (Lipinski definition) is 0. The minimum Gasteiger partial charge on any atom is -0.305 e. The van der Waals surface area contributed by atoms with Gasteiger partial charge < -0.3 is 4.90 Å². The van der Waals surface area contributed by atoms with E-state index in [0.29, 0.717) is 0 Å². The SMILES string of the molecule is C=Cc1cc(C)c(CN(C)C)c2ccccc12. The van der Waals surface area contributed by atoms with Crippen LogP contribution in [0.2, 0.25) is 0 Å². The lowest BCUT2D eigenvalue weighted by atomic mass is 9.95. The van der Waals surface area contributed by atoms with Crippen molar-refractivity contribution in [3.8, 4) is 0 Å². The van der Waals surface area contributed by atoms with E-state index in [2.05, 4.69) is 62.8 Å². The summed E-state index contributed by atoms with van der Waals surface area (Å²) in [6, 6.07) is 10.8. The van der Waals surface area contributed by atoms with E-state index in [4.69, 9.17) is 0 Å². The van der Waals surface area contributed by atoms with E-state index in [9.17, 15) is 0 Å². The Hall–Kier alpha value is -1.60. The number of fused-ring (bicyclic) bond motifs is 1. The van der Waals surface area contributed by atoms with E-state index >= 15 is 0 Å². The summed E-state index contributed by atoms with van der Waals surface area (Å²) in [6.07, 6.45) is 1.94. The third-order valence-corrected chi connectivity index (χ3v) is 3.11. The molecule has 0 heterocycles. The van der Waals surface area contributed by atoms with Crippen LogP contribution in [0.5, 0.6) is 0 Å². The monoisotopic (exact) mass is 225 g/mol. The minimum absolute atomic E-state index is 0.976. The highest BCUT2D eigenvalue weighted by molar-refractivity contribution is 5.93. The van der Waals surface area contributed by atoms with E-state index in [1.54, 1.807) is 0 Å². The van der Waals surface area contributed by atoms with Crippen LogP contribution in [0.25, 0.3) is 16.8 Å². The van der Waals surface area contributed by atoms with Gasteiger partial charge in [0.15, 0.2) is 0 Å². The van der Waals surface area contributed by atoms with E-state index in [-0.39, 0.29) is 0 Å². The highest BCUT2D eigenvalue weighted by Crippen LogP contribution is 2.27. The van der Waals surface area contributed by atoms with Gasteiger partial charge in [-0.25, -0.2) is 0 Å². The van der Waals surface area contributed by atoms with Crippen LogP contribution in [0.15, 0.2) is 36.9 Å². The maximum Gasteiger partial charge on any atom is 0.0236 e. The average molecular weight is 225 g/mol. The molecule has 0 saturated heterocycles. The summed E-state index contributed by atoms with van der Waals surface area (Å²) < 4.78 is 0. The zero-order chi connectivity index (χ0) is 12.4. The first-order valence-electron chi connectivity index (χ1n) is 5.92. The zero-order valence-electron chi connectivity index (χ0n) is 10.8. The van der Waals surface area contributed by atoms with Crippen molar-refractivity contribution in [2.24, 2.45) is 0 Å². The summed E-state index contributed by atoms with van der Waals surface area (Å²) in [5.74, 6) is 0.